The van der Waals surface area contributed by atoms with Gasteiger partial charge in [-0.1, -0.05) is 16.8 Å². The third-order valence-electron chi connectivity index (χ3n) is 2.30. The number of hydrogen-bond donors (Lipinski definition) is 1. The van der Waals surface area contributed by atoms with Crippen molar-refractivity contribution >= 4 is 11.6 Å². The van der Waals surface area contributed by atoms with Crippen molar-refractivity contribution in [2.45, 2.75) is 20.0 Å². The smallest absolute Gasteiger partial charge is 0.150 e. The summed E-state index contributed by atoms with van der Waals surface area (Å²) in [7, 11) is 0. The summed E-state index contributed by atoms with van der Waals surface area (Å²) in [5.74, 6) is 0.455. The average molecular weight is 255 g/mol. The molecule has 2 rings (SSSR count). The molecule has 0 atom stereocenters. The lowest BCUT2D eigenvalue weighted by atomic mass is 10.2. The van der Waals surface area contributed by atoms with E-state index >= 15 is 0 Å². The lowest BCUT2D eigenvalue weighted by molar-refractivity contribution is 0.369. The zero-order chi connectivity index (χ0) is 12.3. The van der Waals surface area contributed by atoms with Gasteiger partial charge in [0, 0.05) is 17.6 Å². The third-order valence-corrected chi connectivity index (χ3v) is 2.67. The van der Waals surface area contributed by atoms with E-state index in [1.54, 1.807) is 6.07 Å². The van der Waals surface area contributed by atoms with E-state index in [1.807, 2.05) is 13.0 Å². The molecule has 1 N–H and O–H groups in total. The zero-order valence-electron chi connectivity index (χ0n) is 9.34. The topological polar surface area (TPSA) is 38.1 Å². The van der Waals surface area contributed by atoms with Gasteiger partial charge in [-0.25, -0.2) is 4.39 Å². The van der Waals surface area contributed by atoms with Crippen molar-refractivity contribution in [1.82, 2.24) is 10.5 Å². The van der Waals surface area contributed by atoms with Gasteiger partial charge in [0.05, 0.1) is 12.2 Å². The molecule has 0 saturated carbocycles. The van der Waals surface area contributed by atoms with Gasteiger partial charge in [-0.2, -0.15) is 0 Å². The van der Waals surface area contributed by atoms with Crippen molar-refractivity contribution in [2.75, 3.05) is 0 Å². The van der Waals surface area contributed by atoms with Gasteiger partial charge >= 0.3 is 0 Å². The van der Waals surface area contributed by atoms with Crippen LogP contribution in [0.15, 0.2) is 28.8 Å². The Labute approximate surface area is 104 Å². The van der Waals surface area contributed by atoms with Crippen LogP contribution in [0.2, 0.25) is 5.02 Å². The molecule has 17 heavy (non-hydrogen) atoms. The van der Waals surface area contributed by atoms with Crippen LogP contribution in [0.25, 0.3) is 0 Å². The van der Waals surface area contributed by atoms with Gasteiger partial charge in [0.15, 0.2) is 5.76 Å². The summed E-state index contributed by atoms with van der Waals surface area (Å²) in [6.07, 6.45) is 0. The van der Waals surface area contributed by atoms with Gasteiger partial charge in [0.25, 0.3) is 0 Å². The van der Waals surface area contributed by atoms with Crippen LogP contribution in [-0.4, -0.2) is 5.16 Å². The molecule has 90 valence electrons. The van der Waals surface area contributed by atoms with Crippen LogP contribution < -0.4 is 5.32 Å². The fraction of sp³-hybridized carbons (Fsp3) is 0.250. The van der Waals surface area contributed by atoms with Crippen molar-refractivity contribution in [1.29, 1.82) is 0 Å². The van der Waals surface area contributed by atoms with Crippen molar-refractivity contribution in [3.05, 3.63) is 52.1 Å². The molecule has 0 fully saturated rings. The summed E-state index contributed by atoms with van der Waals surface area (Å²) < 4.78 is 18.0. The lowest BCUT2D eigenvalue weighted by Crippen LogP contribution is -2.12. The van der Waals surface area contributed by atoms with Crippen LogP contribution in [0.1, 0.15) is 17.0 Å². The van der Waals surface area contributed by atoms with E-state index in [0.717, 1.165) is 17.0 Å². The second-order valence-corrected chi connectivity index (χ2v) is 4.18. The molecule has 0 saturated heterocycles. The van der Waals surface area contributed by atoms with Gasteiger partial charge in [-0.3, -0.25) is 0 Å². The highest BCUT2D eigenvalue weighted by molar-refractivity contribution is 6.31. The molecule has 2 aromatic rings. The summed E-state index contributed by atoms with van der Waals surface area (Å²) in [5.41, 5.74) is 1.56. The van der Waals surface area contributed by atoms with Crippen LogP contribution in [0.3, 0.4) is 0 Å². The quantitative estimate of drug-likeness (QED) is 0.911. The Hall–Kier alpha value is -1.39. The van der Waals surface area contributed by atoms with E-state index in [4.69, 9.17) is 16.1 Å². The molecular weight excluding hydrogens is 243 g/mol. The van der Waals surface area contributed by atoms with Crippen molar-refractivity contribution < 1.29 is 8.91 Å². The second-order valence-electron chi connectivity index (χ2n) is 3.77. The summed E-state index contributed by atoms with van der Waals surface area (Å²) in [6.45, 7) is 2.88. The molecule has 0 radical (unpaired) electrons. The van der Waals surface area contributed by atoms with Crippen LogP contribution in [0.5, 0.6) is 0 Å². The zero-order valence-corrected chi connectivity index (χ0v) is 10.1. The standard InChI is InChI=1S/C12H12ClFN2O/c1-8-4-11(17-16-8)7-15-6-9-5-10(14)2-3-12(9)13/h2-5,15H,6-7H2,1H3. The highest BCUT2D eigenvalue weighted by atomic mass is 35.5. The maximum atomic E-state index is 13.0. The number of benzene rings is 1. The van der Waals surface area contributed by atoms with Crippen LogP contribution in [0.4, 0.5) is 4.39 Å². The van der Waals surface area contributed by atoms with E-state index in [1.165, 1.54) is 12.1 Å². The summed E-state index contributed by atoms with van der Waals surface area (Å²) in [6, 6.07) is 6.15. The number of hydrogen-bond acceptors (Lipinski definition) is 3. The largest absolute Gasteiger partial charge is 0.360 e. The van der Waals surface area contributed by atoms with Crippen molar-refractivity contribution in [2.24, 2.45) is 0 Å². The summed E-state index contributed by atoms with van der Waals surface area (Å²) in [5, 5.41) is 7.44. The fourth-order valence-electron chi connectivity index (χ4n) is 1.50. The molecule has 3 nitrogen and oxygen atoms in total. The minimum Gasteiger partial charge on any atom is -0.360 e. The Bertz CT molecular complexity index is 513. The predicted molar refractivity (Wildman–Crippen MR) is 63.2 cm³/mol. The van der Waals surface area contributed by atoms with Crippen LogP contribution in [0, 0.1) is 12.7 Å². The number of aromatic nitrogens is 1. The minimum atomic E-state index is -0.290. The Morgan fingerprint density at radius 2 is 2.18 bits per heavy atom. The normalized spacial score (nSPS) is 10.8. The van der Waals surface area contributed by atoms with Crippen LogP contribution in [-0.2, 0) is 13.1 Å². The maximum absolute atomic E-state index is 13.0. The molecule has 0 unspecified atom stereocenters. The number of aryl methyl sites for hydroxylation is 1. The molecule has 0 aliphatic rings. The molecule has 0 spiro atoms. The third kappa shape index (κ3) is 3.28. The highest BCUT2D eigenvalue weighted by Crippen LogP contribution is 2.16. The summed E-state index contributed by atoms with van der Waals surface area (Å²) in [4.78, 5) is 0. The number of rotatable bonds is 4. The Balaban J connectivity index is 1.91. The second kappa shape index (κ2) is 5.29. The first-order valence-electron chi connectivity index (χ1n) is 5.22. The van der Waals surface area contributed by atoms with E-state index in [2.05, 4.69) is 10.5 Å². The first-order valence-corrected chi connectivity index (χ1v) is 5.60. The number of halogens is 2. The Kier molecular flexibility index (Phi) is 3.76. The number of nitrogens with one attached hydrogen (secondary N) is 1. The molecule has 0 aliphatic heterocycles. The van der Waals surface area contributed by atoms with E-state index < -0.39 is 0 Å². The van der Waals surface area contributed by atoms with Gasteiger partial charge in [0.2, 0.25) is 0 Å². The monoisotopic (exact) mass is 254 g/mol. The molecular formula is C12H12ClFN2O. The molecule has 0 bridgehead atoms. The summed E-state index contributed by atoms with van der Waals surface area (Å²) >= 11 is 5.94. The van der Waals surface area contributed by atoms with Crippen molar-refractivity contribution in [3.8, 4) is 0 Å². The Morgan fingerprint density at radius 3 is 2.88 bits per heavy atom. The minimum absolute atomic E-state index is 0.290. The van der Waals surface area contributed by atoms with Gasteiger partial charge in [-0.05, 0) is 30.7 Å². The van der Waals surface area contributed by atoms with E-state index in [0.29, 0.717) is 18.1 Å². The first-order chi connectivity index (χ1) is 8.15. The van der Waals surface area contributed by atoms with E-state index in [9.17, 15) is 4.39 Å². The first kappa shape index (κ1) is 12.1. The number of nitrogens with zero attached hydrogens (tertiary/aromatic N) is 1. The van der Waals surface area contributed by atoms with Gasteiger partial charge < -0.3 is 9.84 Å². The van der Waals surface area contributed by atoms with Crippen LogP contribution >= 0.6 is 11.6 Å². The molecule has 1 aromatic carbocycles. The van der Waals surface area contributed by atoms with Gasteiger partial charge in [-0.15, -0.1) is 0 Å². The van der Waals surface area contributed by atoms with Crippen molar-refractivity contribution in [3.63, 3.8) is 0 Å². The van der Waals surface area contributed by atoms with E-state index in [-0.39, 0.29) is 5.82 Å². The predicted octanol–water partition coefficient (Wildman–Crippen LogP) is 3.07. The highest BCUT2D eigenvalue weighted by Gasteiger charge is 2.03. The molecule has 1 aromatic heterocycles. The average Bonchev–Trinajstić information content (AvgIpc) is 2.69. The molecule has 5 heteroatoms. The Morgan fingerprint density at radius 1 is 1.35 bits per heavy atom. The maximum Gasteiger partial charge on any atom is 0.150 e. The fourth-order valence-corrected chi connectivity index (χ4v) is 1.68. The van der Waals surface area contributed by atoms with Gasteiger partial charge in [0.1, 0.15) is 5.82 Å². The lowest BCUT2D eigenvalue weighted by Gasteiger charge is -2.05. The molecule has 1 heterocycles. The molecule has 0 amide bonds. The molecule has 0 aliphatic carbocycles. The SMILES string of the molecule is Cc1cc(CNCc2cc(F)ccc2Cl)on1.